The first-order valence-corrected chi connectivity index (χ1v) is 4.92. The summed E-state index contributed by atoms with van der Waals surface area (Å²) in [5.74, 6) is -0.446. The van der Waals surface area contributed by atoms with Gasteiger partial charge < -0.3 is 9.84 Å². The lowest BCUT2D eigenvalue weighted by Gasteiger charge is -2.02. The Morgan fingerprint density at radius 1 is 1.62 bits per heavy atom. The predicted molar refractivity (Wildman–Crippen MR) is 55.6 cm³/mol. The standard InChI is InChI=1S/C11H12N2O3/c1-2-16-11(15)6-4-8-3-5-10(14)9(7-12)13-8/h3,5,14H,2,4,6H2,1H3. The van der Waals surface area contributed by atoms with E-state index in [4.69, 9.17) is 10.00 Å². The second-order valence-corrected chi connectivity index (χ2v) is 3.09. The zero-order chi connectivity index (χ0) is 12.0. The third-order valence-electron chi connectivity index (χ3n) is 1.93. The normalized spacial score (nSPS) is 9.50. The summed E-state index contributed by atoms with van der Waals surface area (Å²) in [6.45, 7) is 2.09. The Hall–Kier alpha value is -2.09. The SMILES string of the molecule is CCOC(=O)CCc1ccc(O)c(C#N)n1. The van der Waals surface area contributed by atoms with Crippen LogP contribution in [0.5, 0.6) is 5.75 Å². The van der Waals surface area contributed by atoms with Crippen LogP contribution in [-0.2, 0) is 16.0 Å². The van der Waals surface area contributed by atoms with Gasteiger partial charge in [0.25, 0.3) is 0 Å². The Bertz CT molecular complexity index is 424. The molecule has 5 nitrogen and oxygen atoms in total. The Kier molecular flexibility index (Phi) is 4.28. The monoisotopic (exact) mass is 220 g/mol. The van der Waals surface area contributed by atoms with Gasteiger partial charge in [0.05, 0.1) is 13.0 Å². The van der Waals surface area contributed by atoms with Crippen molar-refractivity contribution < 1.29 is 14.6 Å². The van der Waals surface area contributed by atoms with E-state index in [1.165, 1.54) is 6.07 Å². The molecule has 5 heteroatoms. The maximum Gasteiger partial charge on any atom is 0.306 e. The number of hydrogen-bond donors (Lipinski definition) is 1. The number of carbonyl (C=O) groups excluding carboxylic acids is 1. The Morgan fingerprint density at radius 3 is 3.00 bits per heavy atom. The second kappa shape index (κ2) is 5.71. The summed E-state index contributed by atoms with van der Waals surface area (Å²) in [7, 11) is 0. The first-order chi connectivity index (χ1) is 7.67. The molecule has 0 aromatic carbocycles. The van der Waals surface area contributed by atoms with Crippen LogP contribution in [0, 0.1) is 11.3 Å². The van der Waals surface area contributed by atoms with Gasteiger partial charge in [-0.2, -0.15) is 5.26 Å². The molecule has 0 atom stereocenters. The average Bonchev–Trinajstić information content (AvgIpc) is 2.28. The minimum absolute atomic E-state index is 0.0265. The Balaban J connectivity index is 2.62. The minimum atomic E-state index is -0.295. The number of aryl methyl sites for hydroxylation is 1. The number of aromatic hydroxyl groups is 1. The third kappa shape index (κ3) is 3.24. The lowest BCUT2D eigenvalue weighted by Crippen LogP contribution is -2.06. The molecule has 1 rings (SSSR count). The van der Waals surface area contributed by atoms with Crippen LogP contribution >= 0.6 is 0 Å². The number of hydrogen-bond acceptors (Lipinski definition) is 5. The maximum atomic E-state index is 11.1. The zero-order valence-electron chi connectivity index (χ0n) is 8.93. The van der Waals surface area contributed by atoms with Crippen molar-refractivity contribution in [1.82, 2.24) is 4.98 Å². The molecule has 0 amide bonds. The smallest absolute Gasteiger partial charge is 0.306 e. The molecule has 0 saturated carbocycles. The molecule has 1 aromatic heterocycles. The topological polar surface area (TPSA) is 83.2 Å². The molecular weight excluding hydrogens is 208 g/mol. The van der Waals surface area contributed by atoms with E-state index in [1.807, 2.05) is 0 Å². The van der Waals surface area contributed by atoms with Crippen molar-refractivity contribution in [3.8, 4) is 11.8 Å². The van der Waals surface area contributed by atoms with Gasteiger partial charge in [-0.1, -0.05) is 0 Å². The molecule has 0 radical (unpaired) electrons. The predicted octanol–water partition coefficient (Wildman–Crippen LogP) is 1.15. The highest BCUT2D eigenvalue weighted by molar-refractivity contribution is 5.69. The first kappa shape index (κ1) is 12.0. The van der Waals surface area contributed by atoms with Crippen LogP contribution in [0.15, 0.2) is 12.1 Å². The molecule has 0 saturated heterocycles. The summed E-state index contributed by atoms with van der Waals surface area (Å²) in [4.78, 5) is 15.0. The van der Waals surface area contributed by atoms with E-state index in [0.717, 1.165) is 0 Å². The van der Waals surface area contributed by atoms with Gasteiger partial charge in [-0.15, -0.1) is 0 Å². The van der Waals surface area contributed by atoms with Crippen molar-refractivity contribution in [2.24, 2.45) is 0 Å². The summed E-state index contributed by atoms with van der Waals surface area (Å²) in [6, 6.07) is 4.74. The molecule has 1 N–H and O–H groups in total. The van der Waals surface area contributed by atoms with Crippen molar-refractivity contribution in [2.45, 2.75) is 19.8 Å². The molecule has 0 unspecified atom stereocenters. The van der Waals surface area contributed by atoms with Crippen LogP contribution in [0.4, 0.5) is 0 Å². The number of carbonyl (C=O) groups is 1. The van der Waals surface area contributed by atoms with Gasteiger partial charge in [-0.3, -0.25) is 4.79 Å². The minimum Gasteiger partial charge on any atom is -0.505 e. The molecule has 1 heterocycles. The van der Waals surface area contributed by atoms with Gasteiger partial charge >= 0.3 is 5.97 Å². The van der Waals surface area contributed by atoms with Crippen LogP contribution in [0.2, 0.25) is 0 Å². The summed E-state index contributed by atoms with van der Waals surface area (Å²) >= 11 is 0. The summed E-state index contributed by atoms with van der Waals surface area (Å²) in [5.41, 5.74) is 0.559. The summed E-state index contributed by atoms with van der Waals surface area (Å²) < 4.78 is 4.76. The molecule has 0 spiro atoms. The lowest BCUT2D eigenvalue weighted by atomic mass is 10.2. The highest BCUT2D eigenvalue weighted by atomic mass is 16.5. The number of aromatic nitrogens is 1. The molecule has 16 heavy (non-hydrogen) atoms. The molecule has 0 aliphatic carbocycles. The number of pyridine rings is 1. The fourth-order valence-electron chi connectivity index (χ4n) is 1.18. The van der Waals surface area contributed by atoms with Crippen molar-refractivity contribution in [3.05, 3.63) is 23.5 Å². The van der Waals surface area contributed by atoms with E-state index in [9.17, 15) is 9.90 Å². The second-order valence-electron chi connectivity index (χ2n) is 3.09. The number of nitriles is 1. The molecule has 0 fully saturated rings. The lowest BCUT2D eigenvalue weighted by molar-refractivity contribution is -0.143. The number of rotatable bonds is 4. The largest absolute Gasteiger partial charge is 0.505 e. The van der Waals surface area contributed by atoms with E-state index < -0.39 is 0 Å². The highest BCUT2D eigenvalue weighted by Gasteiger charge is 2.06. The number of esters is 1. The van der Waals surface area contributed by atoms with E-state index >= 15 is 0 Å². The van der Waals surface area contributed by atoms with Crippen molar-refractivity contribution in [3.63, 3.8) is 0 Å². The van der Waals surface area contributed by atoms with E-state index in [1.54, 1.807) is 19.1 Å². The van der Waals surface area contributed by atoms with Crippen molar-refractivity contribution >= 4 is 5.97 Å². The van der Waals surface area contributed by atoms with Crippen LogP contribution in [0.1, 0.15) is 24.7 Å². The fraction of sp³-hybridized carbons (Fsp3) is 0.364. The molecular formula is C11H12N2O3. The fourth-order valence-corrected chi connectivity index (χ4v) is 1.18. The van der Waals surface area contributed by atoms with Gasteiger partial charge in [-0.05, 0) is 19.1 Å². The van der Waals surface area contributed by atoms with Crippen molar-refractivity contribution in [1.29, 1.82) is 5.26 Å². The number of nitrogens with zero attached hydrogens (tertiary/aromatic N) is 2. The third-order valence-corrected chi connectivity index (χ3v) is 1.93. The summed E-state index contributed by atoms with van der Waals surface area (Å²) in [6.07, 6.45) is 0.615. The zero-order valence-corrected chi connectivity index (χ0v) is 8.93. The van der Waals surface area contributed by atoms with Crippen LogP contribution in [-0.4, -0.2) is 22.7 Å². The maximum absolute atomic E-state index is 11.1. The van der Waals surface area contributed by atoms with Gasteiger partial charge in [-0.25, -0.2) is 4.98 Å². The first-order valence-electron chi connectivity index (χ1n) is 4.92. The summed E-state index contributed by atoms with van der Waals surface area (Å²) in [5, 5.41) is 17.9. The van der Waals surface area contributed by atoms with Gasteiger partial charge in [0.2, 0.25) is 0 Å². The average molecular weight is 220 g/mol. The van der Waals surface area contributed by atoms with Crippen molar-refractivity contribution in [2.75, 3.05) is 6.61 Å². The molecule has 1 aromatic rings. The van der Waals surface area contributed by atoms with Gasteiger partial charge in [0, 0.05) is 12.1 Å². The van der Waals surface area contributed by atoms with Gasteiger partial charge in [0.1, 0.15) is 6.07 Å². The molecule has 0 aliphatic rings. The Labute approximate surface area is 93.3 Å². The van der Waals surface area contributed by atoms with Gasteiger partial charge in [0.15, 0.2) is 11.4 Å². The van der Waals surface area contributed by atoms with E-state index in [0.29, 0.717) is 18.7 Å². The highest BCUT2D eigenvalue weighted by Crippen LogP contribution is 2.14. The molecule has 84 valence electrons. The van der Waals surface area contributed by atoms with Crippen LogP contribution in [0.3, 0.4) is 0 Å². The number of ether oxygens (including phenoxy) is 1. The molecule has 0 bridgehead atoms. The van der Waals surface area contributed by atoms with Crippen LogP contribution < -0.4 is 0 Å². The molecule has 0 aliphatic heterocycles. The van der Waals surface area contributed by atoms with Crippen LogP contribution in [0.25, 0.3) is 0 Å². The Morgan fingerprint density at radius 2 is 2.38 bits per heavy atom. The quantitative estimate of drug-likeness (QED) is 0.769. The van der Waals surface area contributed by atoms with E-state index in [2.05, 4.69) is 4.98 Å². The van der Waals surface area contributed by atoms with E-state index in [-0.39, 0.29) is 23.8 Å².